The van der Waals surface area contributed by atoms with E-state index in [9.17, 15) is 0 Å². The summed E-state index contributed by atoms with van der Waals surface area (Å²) in [4.78, 5) is 10.6. The minimum atomic E-state index is 0.670. The van der Waals surface area contributed by atoms with E-state index in [-0.39, 0.29) is 0 Å². The molecule has 0 spiro atoms. The number of hydrogen-bond acceptors (Lipinski definition) is 4. The molecule has 0 unspecified atom stereocenters. The number of benzene rings is 1. The number of aromatic nitrogens is 2. The fourth-order valence-corrected chi connectivity index (χ4v) is 1.66. The van der Waals surface area contributed by atoms with Crippen LogP contribution in [0.15, 0.2) is 48.9 Å². The Labute approximate surface area is 101 Å². The molecule has 88 valence electrons. The summed E-state index contributed by atoms with van der Waals surface area (Å²) in [7, 11) is 0. The van der Waals surface area contributed by atoms with E-state index in [1.54, 1.807) is 18.6 Å². The average Bonchev–Trinajstić information content (AvgIpc) is 2.42. The molecule has 0 aliphatic carbocycles. The molecule has 0 saturated heterocycles. The standard InChI is InChI=1S/C13H16N4/c14-7-4-10-17(12-5-2-1-3-6-12)13-11-15-8-9-16-13/h1-3,5-6,8-9,11H,4,7,10,14H2. The first-order chi connectivity index (χ1) is 8.42. The predicted octanol–water partition coefficient (Wildman–Crippen LogP) is 1.96. The maximum Gasteiger partial charge on any atom is 0.151 e. The highest BCUT2D eigenvalue weighted by molar-refractivity contribution is 5.58. The van der Waals surface area contributed by atoms with Crippen LogP contribution in [-0.2, 0) is 0 Å². The van der Waals surface area contributed by atoms with Crippen LogP contribution in [0.4, 0.5) is 11.5 Å². The molecule has 2 aromatic rings. The van der Waals surface area contributed by atoms with Crippen LogP contribution in [0.1, 0.15) is 6.42 Å². The molecular weight excluding hydrogens is 212 g/mol. The third-order valence-corrected chi connectivity index (χ3v) is 2.48. The van der Waals surface area contributed by atoms with Crippen LogP contribution >= 0.6 is 0 Å². The van der Waals surface area contributed by atoms with Crippen molar-refractivity contribution in [2.45, 2.75) is 6.42 Å². The van der Waals surface area contributed by atoms with Gasteiger partial charge in [-0.15, -0.1) is 0 Å². The minimum absolute atomic E-state index is 0.670. The van der Waals surface area contributed by atoms with Crippen molar-refractivity contribution < 1.29 is 0 Å². The summed E-state index contributed by atoms with van der Waals surface area (Å²) >= 11 is 0. The lowest BCUT2D eigenvalue weighted by Crippen LogP contribution is -2.21. The number of hydrogen-bond donors (Lipinski definition) is 1. The number of nitrogens with two attached hydrogens (primary N) is 1. The van der Waals surface area contributed by atoms with Gasteiger partial charge in [-0.1, -0.05) is 18.2 Å². The number of rotatable bonds is 5. The Morgan fingerprint density at radius 3 is 2.59 bits per heavy atom. The Morgan fingerprint density at radius 1 is 1.12 bits per heavy atom. The van der Waals surface area contributed by atoms with Crippen LogP contribution in [0.25, 0.3) is 0 Å². The lowest BCUT2D eigenvalue weighted by molar-refractivity contribution is 0.808. The molecule has 1 aromatic heterocycles. The van der Waals surface area contributed by atoms with Gasteiger partial charge in [0.25, 0.3) is 0 Å². The van der Waals surface area contributed by atoms with E-state index in [4.69, 9.17) is 5.73 Å². The molecule has 0 aliphatic heterocycles. The SMILES string of the molecule is NCCCN(c1ccccc1)c1cnccn1. The van der Waals surface area contributed by atoms with Gasteiger partial charge in [0.15, 0.2) is 5.82 Å². The second-order valence-electron chi connectivity index (χ2n) is 3.69. The molecule has 4 nitrogen and oxygen atoms in total. The van der Waals surface area contributed by atoms with Crippen LogP contribution in [0.5, 0.6) is 0 Å². The number of para-hydroxylation sites is 1. The fourth-order valence-electron chi connectivity index (χ4n) is 1.66. The Bertz CT molecular complexity index is 390. The Kier molecular flexibility index (Phi) is 4.05. The van der Waals surface area contributed by atoms with Gasteiger partial charge in [-0.05, 0) is 25.1 Å². The fraction of sp³-hybridized carbons (Fsp3) is 0.231. The molecule has 2 N–H and O–H groups in total. The molecular formula is C13H16N4. The maximum absolute atomic E-state index is 5.57. The van der Waals surface area contributed by atoms with E-state index in [0.717, 1.165) is 24.5 Å². The summed E-state index contributed by atoms with van der Waals surface area (Å²) in [5, 5.41) is 0. The normalized spacial score (nSPS) is 10.2. The molecule has 0 fully saturated rings. The van der Waals surface area contributed by atoms with E-state index in [2.05, 4.69) is 27.0 Å². The van der Waals surface area contributed by atoms with Crippen molar-refractivity contribution in [3.63, 3.8) is 0 Å². The van der Waals surface area contributed by atoms with Crippen molar-refractivity contribution >= 4 is 11.5 Å². The van der Waals surface area contributed by atoms with Gasteiger partial charge in [0, 0.05) is 24.6 Å². The van der Waals surface area contributed by atoms with Crippen LogP contribution < -0.4 is 10.6 Å². The molecule has 2 rings (SSSR count). The highest BCUT2D eigenvalue weighted by Crippen LogP contribution is 2.22. The van der Waals surface area contributed by atoms with Crippen molar-refractivity contribution in [3.05, 3.63) is 48.9 Å². The smallest absolute Gasteiger partial charge is 0.151 e. The number of nitrogens with zero attached hydrogens (tertiary/aromatic N) is 3. The highest BCUT2D eigenvalue weighted by Gasteiger charge is 2.09. The van der Waals surface area contributed by atoms with Crippen LogP contribution in [0.3, 0.4) is 0 Å². The summed E-state index contributed by atoms with van der Waals surface area (Å²) in [6.45, 7) is 1.52. The van der Waals surface area contributed by atoms with E-state index in [1.165, 1.54) is 0 Å². The average molecular weight is 228 g/mol. The molecule has 1 aromatic carbocycles. The summed E-state index contributed by atoms with van der Waals surface area (Å²) < 4.78 is 0. The van der Waals surface area contributed by atoms with Crippen molar-refractivity contribution in [3.8, 4) is 0 Å². The van der Waals surface area contributed by atoms with Gasteiger partial charge < -0.3 is 10.6 Å². The minimum Gasteiger partial charge on any atom is -0.330 e. The first kappa shape index (κ1) is 11.5. The van der Waals surface area contributed by atoms with Gasteiger partial charge in [-0.2, -0.15) is 0 Å². The Morgan fingerprint density at radius 2 is 1.94 bits per heavy atom. The lowest BCUT2D eigenvalue weighted by atomic mass is 10.2. The second kappa shape index (κ2) is 5.96. The third-order valence-electron chi connectivity index (χ3n) is 2.48. The maximum atomic E-state index is 5.57. The third kappa shape index (κ3) is 3.01. The molecule has 0 atom stereocenters. The van der Waals surface area contributed by atoms with Crippen LogP contribution in [0.2, 0.25) is 0 Å². The molecule has 17 heavy (non-hydrogen) atoms. The van der Waals surface area contributed by atoms with Crippen molar-refractivity contribution in [1.29, 1.82) is 0 Å². The zero-order valence-electron chi connectivity index (χ0n) is 9.66. The summed E-state index contributed by atoms with van der Waals surface area (Å²) in [5.74, 6) is 0.854. The predicted molar refractivity (Wildman–Crippen MR) is 69.2 cm³/mol. The van der Waals surface area contributed by atoms with E-state index in [1.807, 2.05) is 18.2 Å². The van der Waals surface area contributed by atoms with Gasteiger partial charge in [0.2, 0.25) is 0 Å². The molecule has 0 aliphatic rings. The largest absolute Gasteiger partial charge is 0.330 e. The summed E-state index contributed by atoms with van der Waals surface area (Å²) in [6, 6.07) is 10.2. The lowest BCUT2D eigenvalue weighted by Gasteiger charge is -2.23. The van der Waals surface area contributed by atoms with E-state index >= 15 is 0 Å². The Balaban J connectivity index is 2.26. The Hall–Kier alpha value is -1.94. The molecule has 1 heterocycles. The van der Waals surface area contributed by atoms with E-state index in [0.29, 0.717) is 6.54 Å². The van der Waals surface area contributed by atoms with E-state index < -0.39 is 0 Å². The van der Waals surface area contributed by atoms with Crippen molar-refractivity contribution in [2.75, 3.05) is 18.0 Å². The zero-order chi connectivity index (χ0) is 11.9. The summed E-state index contributed by atoms with van der Waals surface area (Å²) in [6.07, 6.45) is 6.07. The van der Waals surface area contributed by atoms with Crippen molar-refractivity contribution in [2.24, 2.45) is 5.73 Å². The molecule has 4 heteroatoms. The zero-order valence-corrected chi connectivity index (χ0v) is 9.66. The van der Waals surface area contributed by atoms with Crippen molar-refractivity contribution in [1.82, 2.24) is 9.97 Å². The second-order valence-corrected chi connectivity index (χ2v) is 3.69. The first-order valence-electron chi connectivity index (χ1n) is 5.70. The molecule has 0 saturated carbocycles. The van der Waals surface area contributed by atoms with Gasteiger partial charge >= 0.3 is 0 Å². The topological polar surface area (TPSA) is 55.0 Å². The van der Waals surface area contributed by atoms with Crippen LogP contribution in [0, 0.1) is 0 Å². The van der Waals surface area contributed by atoms with Crippen LogP contribution in [-0.4, -0.2) is 23.1 Å². The highest BCUT2D eigenvalue weighted by atomic mass is 15.2. The van der Waals surface area contributed by atoms with Gasteiger partial charge in [0.05, 0.1) is 6.20 Å². The van der Waals surface area contributed by atoms with Gasteiger partial charge in [-0.25, -0.2) is 4.98 Å². The molecule has 0 radical (unpaired) electrons. The monoisotopic (exact) mass is 228 g/mol. The summed E-state index contributed by atoms with van der Waals surface area (Å²) in [5.41, 5.74) is 6.68. The van der Waals surface area contributed by atoms with Gasteiger partial charge in [-0.3, -0.25) is 4.98 Å². The molecule has 0 bridgehead atoms. The quantitative estimate of drug-likeness (QED) is 0.850. The molecule has 0 amide bonds. The first-order valence-corrected chi connectivity index (χ1v) is 5.70. The van der Waals surface area contributed by atoms with Gasteiger partial charge in [0.1, 0.15) is 0 Å². The number of anilines is 2.